The summed E-state index contributed by atoms with van der Waals surface area (Å²) in [6.07, 6.45) is 2.18. The number of nitrogens with one attached hydrogen (secondary N) is 1. The van der Waals surface area contributed by atoms with E-state index < -0.39 is 0 Å². The first-order valence-electron chi connectivity index (χ1n) is 9.45. The highest BCUT2D eigenvalue weighted by Crippen LogP contribution is 2.31. The second-order valence-corrected chi connectivity index (χ2v) is 7.29. The Morgan fingerprint density at radius 1 is 0.857 bits per heavy atom. The first-order chi connectivity index (χ1) is 13.7. The van der Waals surface area contributed by atoms with E-state index in [9.17, 15) is 0 Å². The number of H-pyrrole nitrogens is 1. The molecule has 3 heteroatoms. The zero-order chi connectivity index (χ0) is 19.1. The molecule has 0 saturated heterocycles. The number of aromatic amines is 1. The second-order valence-electron chi connectivity index (χ2n) is 7.29. The average molecular weight is 363 g/mol. The summed E-state index contributed by atoms with van der Waals surface area (Å²) in [4.78, 5) is 10.6. The van der Waals surface area contributed by atoms with E-state index in [4.69, 9.17) is 4.99 Å². The Bertz CT molecular complexity index is 1250. The molecular formula is C25H21N3. The highest BCUT2D eigenvalue weighted by Gasteiger charge is 2.15. The first kappa shape index (κ1) is 16.6. The van der Waals surface area contributed by atoms with Crippen molar-refractivity contribution in [1.82, 2.24) is 4.98 Å². The number of anilines is 1. The number of hydrogen-bond donors (Lipinski definition) is 1. The van der Waals surface area contributed by atoms with Crippen LogP contribution in [0.1, 0.15) is 11.3 Å². The van der Waals surface area contributed by atoms with Crippen molar-refractivity contribution in [2.75, 3.05) is 19.0 Å². The third-order valence-electron chi connectivity index (χ3n) is 5.20. The SMILES string of the molecule is CN(C)c1ccc(C(=C2C=c3ccccc3=N2)c2cc3ccccc3[nH]2)cc1. The number of rotatable bonds is 3. The van der Waals surface area contributed by atoms with Gasteiger partial charge in [0.05, 0.1) is 11.1 Å². The molecule has 0 bridgehead atoms. The van der Waals surface area contributed by atoms with E-state index in [1.165, 1.54) is 11.1 Å². The highest BCUT2D eigenvalue weighted by atomic mass is 15.1. The van der Waals surface area contributed by atoms with Crippen LogP contribution in [-0.4, -0.2) is 19.1 Å². The van der Waals surface area contributed by atoms with Gasteiger partial charge < -0.3 is 9.88 Å². The second kappa shape index (κ2) is 6.54. The molecule has 3 aromatic carbocycles. The van der Waals surface area contributed by atoms with Gasteiger partial charge in [0, 0.05) is 47.2 Å². The molecule has 0 amide bonds. The van der Waals surface area contributed by atoms with Gasteiger partial charge in [-0.2, -0.15) is 0 Å². The van der Waals surface area contributed by atoms with Crippen molar-refractivity contribution in [3.05, 3.63) is 106 Å². The lowest BCUT2D eigenvalue weighted by molar-refractivity contribution is 1.13. The molecule has 0 radical (unpaired) electrons. The first-order valence-corrected chi connectivity index (χ1v) is 9.45. The molecule has 5 rings (SSSR count). The fourth-order valence-corrected chi connectivity index (χ4v) is 3.72. The molecule has 136 valence electrons. The summed E-state index contributed by atoms with van der Waals surface area (Å²) in [5.74, 6) is 0. The van der Waals surface area contributed by atoms with Crippen molar-refractivity contribution in [3.8, 4) is 0 Å². The van der Waals surface area contributed by atoms with Gasteiger partial charge in [-0.05, 0) is 42.0 Å². The van der Waals surface area contributed by atoms with Crippen molar-refractivity contribution in [1.29, 1.82) is 0 Å². The number of hydrogen-bond acceptors (Lipinski definition) is 2. The molecule has 1 aliphatic rings. The molecule has 1 N–H and O–H groups in total. The Balaban J connectivity index is 1.75. The molecule has 0 atom stereocenters. The van der Waals surface area contributed by atoms with E-state index in [2.05, 4.69) is 103 Å². The number of benzene rings is 3. The van der Waals surface area contributed by atoms with Gasteiger partial charge in [-0.3, -0.25) is 0 Å². The molecule has 0 aliphatic carbocycles. The lowest BCUT2D eigenvalue weighted by atomic mass is 9.99. The largest absolute Gasteiger partial charge is 0.378 e. The summed E-state index contributed by atoms with van der Waals surface area (Å²) in [7, 11) is 4.12. The Kier molecular flexibility index (Phi) is 3.87. The van der Waals surface area contributed by atoms with Gasteiger partial charge in [-0.25, -0.2) is 4.99 Å². The Morgan fingerprint density at radius 2 is 1.61 bits per heavy atom. The maximum Gasteiger partial charge on any atom is 0.0743 e. The van der Waals surface area contributed by atoms with Crippen molar-refractivity contribution in [2.45, 2.75) is 0 Å². The van der Waals surface area contributed by atoms with E-state index in [1.54, 1.807) is 0 Å². The molecule has 0 unspecified atom stereocenters. The lowest BCUT2D eigenvalue weighted by Crippen LogP contribution is -2.19. The summed E-state index contributed by atoms with van der Waals surface area (Å²) in [6, 6.07) is 27.5. The van der Waals surface area contributed by atoms with Gasteiger partial charge >= 0.3 is 0 Å². The van der Waals surface area contributed by atoms with Crippen LogP contribution in [0.4, 0.5) is 5.69 Å². The van der Waals surface area contributed by atoms with E-state index in [1.807, 2.05) is 6.07 Å². The number of allylic oxidation sites excluding steroid dienone is 1. The van der Waals surface area contributed by atoms with Crippen LogP contribution < -0.4 is 15.5 Å². The molecule has 1 aliphatic heterocycles. The molecular weight excluding hydrogens is 342 g/mol. The number of nitrogens with zero attached hydrogens (tertiary/aromatic N) is 2. The minimum absolute atomic E-state index is 0.991. The average Bonchev–Trinajstić information content (AvgIpc) is 3.32. The van der Waals surface area contributed by atoms with Crippen molar-refractivity contribution in [2.24, 2.45) is 4.99 Å². The predicted octanol–water partition coefficient (Wildman–Crippen LogP) is 4.11. The maximum atomic E-state index is 4.93. The summed E-state index contributed by atoms with van der Waals surface area (Å²) in [6.45, 7) is 0. The fraction of sp³-hybridized carbons (Fsp3) is 0.0800. The minimum atomic E-state index is 0.991. The fourth-order valence-electron chi connectivity index (χ4n) is 3.72. The number of para-hydroxylation sites is 2. The quantitative estimate of drug-likeness (QED) is 0.584. The summed E-state index contributed by atoms with van der Waals surface area (Å²) < 4.78 is 0. The molecule has 3 nitrogen and oxygen atoms in total. The Hall–Kier alpha value is -3.59. The Labute approximate surface area is 164 Å². The van der Waals surface area contributed by atoms with Gasteiger partial charge in [0.1, 0.15) is 0 Å². The standard InChI is InChI=1S/C25H21N3/c1-28(2)20-13-11-17(12-14-20)25(23-15-18-7-3-5-9-21(18)26-23)24-16-19-8-4-6-10-22(19)27-24/h3-16,26H,1-2H3. The van der Waals surface area contributed by atoms with E-state index >= 15 is 0 Å². The van der Waals surface area contributed by atoms with Crippen LogP contribution in [-0.2, 0) is 0 Å². The molecule has 2 heterocycles. The van der Waals surface area contributed by atoms with E-state index in [0.29, 0.717) is 0 Å². The summed E-state index contributed by atoms with van der Waals surface area (Å²) in [5, 5.41) is 3.39. The molecule has 28 heavy (non-hydrogen) atoms. The lowest BCUT2D eigenvalue weighted by Gasteiger charge is -2.14. The number of aromatic nitrogens is 1. The van der Waals surface area contributed by atoms with Gasteiger partial charge in [0.25, 0.3) is 0 Å². The van der Waals surface area contributed by atoms with Crippen molar-refractivity contribution in [3.63, 3.8) is 0 Å². The zero-order valence-corrected chi connectivity index (χ0v) is 16.0. The topological polar surface area (TPSA) is 31.4 Å². The zero-order valence-electron chi connectivity index (χ0n) is 16.0. The molecule has 1 aromatic heterocycles. The van der Waals surface area contributed by atoms with Crippen LogP contribution in [0.2, 0.25) is 0 Å². The van der Waals surface area contributed by atoms with Gasteiger partial charge in [0.2, 0.25) is 0 Å². The van der Waals surface area contributed by atoms with E-state index in [-0.39, 0.29) is 0 Å². The molecule has 0 spiro atoms. The van der Waals surface area contributed by atoms with Gasteiger partial charge in [-0.15, -0.1) is 0 Å². The van der Waals surface area contributed by atoms with Crippen LogP contribution >= 0.6 is 0 Å². The number of fused-ring (bicyclic) bond motifs is 2. The molecule has 0 saturated carbocycles. The van der Waals surface area contributed by atoms with E-state index in [0.717, 1.165) is 38.6 Å². The predicted molar refractivity (Wildman–Crippen MR) is 117 cm³/mol. The molecule has 4 aromatic rings. The van der Waals surface area contributed by atoms with Crippen LogP contribution in [0, 0.1) is 0 Å². The minimum Gasteiger partial charge on any atom is -0.378 e. The summed E-state index contributed by atoms with van der Waals surface area (Å²) >= 11 is 0. The van der Waals surface area contributed by atoms with Crippen LogP contribution in [0.3, 0.4) is 0 Å². The van der Waals surface area contributed by atoms with Gasteiger partial charge in [0.15, 0.2) is 0 Å². The highest BCUT2D eigenvalue weighted by molar-refractivity contribution is 5.92. The normalized spacial score (nSPS) is 14.4. The third-order valence-corrected chi connectivity index (χ3v) is 5.20. The van der Waals surface area contributed by atoms with Crippen molar-refractivity contribution < 1.29 is 0 Å². The van der Waals surface area contributed by atoms with Crippen LogP contribution in [0.5, 0.6) is 0 Å². The van der Waals surface area contributed by atoms with Crippen LogP contribution in [0.25, 0.3) is 22.6 Å². The third kappa shape index (κ3) is 2.81. The smallest absolute Gasteiger partial charge is 0.0743 e. The van der Waals surface area contributed by atoms with Crippen LogP contribution in [0.15, 0.2) is 89.6 Å². The van der Waals surface area contributed by atoms with Crippen molar-refractivity contribution >= 4 is 28.2 Å². The molecule has 0 fully saturated rings. The Morgan fingerprint density at radius 3 is 2.36 bits per heavy atom. The summed E-state index contributed by atoms with van der Waals surface area (Å²) in [5.41, 5.74) is 6.67. The maximum absolute atomic E-state index is 4.93. The van der Waals surface area contributed by atoms with Gasteiger partial charge in [-0.1, -0.05) is 48.5 Å². The monoisotopic (exact) mass is 363 g/mol.